The second kappa shape index (κ2) is 2.98. The van der Waals surface area contributed by atoms with Crippen LogP contribution >= 0.6 is 11.3 Å². The first kappa shape index (κ1) is 7.92. The summed E-state index contributed by atoms with van der Waals surface area (Å²) in [6.45, 7) is 5.71. The SMILES string of the molecule is Cc1sc(C)c2c1OCCCO2. The van der Waals surface area contributed by atoms with E-state index >= 15 is 0 Å². The lowest BCUT2D eigenvalue weighted by Gasteiger charge is -2.02. The van der Waals surface area contributed by atoms with Crippen LogP contribution in [0.1, 0.15) is 16.2 Å². The highest BCUT2D eigenvalue weighted by molar-refractivity contribution is 7.12. The van der Waals surface area contributed by atoms with E-state index in [2.05, 4.69) is 13.8 Å². The molecule has 0 aliphatic carbocycles. The topological polar surface area (TPSA) is 18.5 Å². The highest BCUT2D eigenvalue weighted by Gasteiger charge is 2.17. The van der Waals surface area contributed by atoms with E-state index in [0.717, 1.165) is 31.1 Å². The van der Waals surface area contributed by atoms with Gasteiger partial charge in [0.25, 0.3) is 0 Å². The molecule has 0 aromatic carbocycles. The van der Waals surface area contributed by atoms with Gasteiger partial charge in [-0.05, 0) is 13.8 Å². The molecule has 2 heterocycles. The van der Waals surface area contributed by atoms with Gasteiger partial charge in [0, 0.05) is 16.2 Å². The summed E-state index contributed by atoms with van der Waals surface area (Å²) < 4.78 is 11.2. The standard InChI is InChI=1S/C9H12O2S/c1-6-8-9(7(2)12-6)11-5-3-4-10-8/h3-5H2,1-2H3. The lowest BCUT2D eigenvalue weighted by Crippen LogP contribution is -1.98. The van der Waals surface area contributed by atoms with Gasteiger partial charge in [-0.25, -0.2) is 0 Å². The molecular formula is C9H12O2S. The minimum Gasteiger partial charge on any atom is -0.488 e. The van der Waals surface area contributed by atoms with Gasteiger partial charge in [0.05, 0.1) is 13.2 Å². The molecule has 1 aromatic heterocycles. The Morgan fingerprint density at radius 1 is 1.00 bits per heavy atom. The van der Waals surface area contributed by atoms with Crippen molar-refractivity contribution in [2.24, 2.45) is 0 Å². The number of ether oxygens (including phenoxy) is 2. The van der Waals surface area contributed by atoms with Crippen LogP contribution in [0.5, 0.6) is 11.5 Å². The monoisotopic (exact) mass is 184 g/mol. The number of hydrogen-bond acceptors (Lipinski definition) is 3. The van der Waals surface area contributed by atoms with Crippen LogP contribution in [0.15, 0.2) is 0 Å². The molecule has 0 fully saturated rings. The van der Waals surface area contributed by atoms with Crippen molar-refractivity contribution >= 4 is 11.3 Å². The zero-order valence-electron chi connectivity index (χ0n) is 7.35. The highest BCUT2D eigenvalue weighted by atomic mass is 32.1. The van der Waals surface area contributed by atoms with E-state index in [9.17, 15) is 0 Å². The number of hydrogen-bond donors (Lipinski definition) is 0. The van der Waals surface area contributed by atoms with Crippen LogP contribution in [-0.2, 0) is 0 Å². The van der Waals surface area contributed by atoms with Gasteiger partial charge in [0.2, 0.25) is 0 Å². The molecule has 0 radical (unpaired) electrons. The molecule has 3 heteroatoms. The first-order valence-electron chi connectivity index (χ1n) is 4.14. The summed E-state index contributed by atoms with van der Waals surface area (Å²) in [5, 5.41) is 0. The van der Waals surface area contributed by atoms with Crippen LogP contribution in [0.3, 0.4) is 0 Å². The molecule has 0 saturated carbocycles. The Bertz CT molecular complexity index is 264. The minimum absolute atomic E-state index is 0.782. The number of fused-ring (bicyclic) bond motifs is 1. The number of rotatable bonds is 0. The van der Waals surface area contributed by atoms with Crippen LogP contribution in [0.25, 0.3) is 0 Å². The fourth-order valence-electron chi connectivity index (χ4n) is 1.38. The molecule has 0 bridgehead atoms. The zero-order chi connectivity index (χ0) is 8.55. The molecular weight excluding hydrogens is 172 g/mol. The Labute approximate surface area is 76.1 Å². The van der Waals surface area contributed by atoms with E-state index in [-0.39, 0.29) is 0 Å². The van der Waals surface area contributed by atoms with E-state index in [0.29, 0.717) is 0 Å². The number of thiophene rings is 1. The second-order valence-electron chi connectivity index (χ2n) is 2.92. The largest absolute Gasteiger partial charge is 0.488 e. The predicted octanol–water partition coefficient (Wildman–Crippen LogP) is 2.53. The lowest BCUT2D eigenvalue weighted by molar-refractivity contribution is 0.296. The minimum atomic E-state index is 0.782. The summed E-state index contributed by atoms with van der Waals surface area (Å²) in [6.07, 6.45) is 0.984. The molecule has 2 rings (SSSR count). The van der Waals surface area contributed by atoms with E-state index in [4.69, 9.17) is 9.47 Å². The summed E-state index contributed by atoms with van der Waals surface area (Å²) in [5.74, 6) is 1.94. The van der Waals surface area contributed by atoms with Crippen LogP contribution in [0.4, 0.5) is 0 Å². The van der Waals surface area contributed by atoms with Crippen LogP contribution < -0.4 is 9.47 Å². The van der Waals surface area contributed by atoms with Gasteiger partial charge in [-0.1, -0.05) is 0 Å². The maximum Gasteiger partial charge on any atom is 0.175 e. The Kier molecular flexibility index (Phi) is 1.97. The molecule has 0 N–H and O–H groups in total. The van der Waals surface area contributed by atoms with Crippen LogP contribution in [-0.4, -0.2) is 13.2 Å². The van der Waals surface area contributed by atoms with Gasteiger partial charge in [-0.2, -0.15) is 0 Å². The highest BCUT2D eigenvalue weighted by Crippen LogP contribution is 2.42. The molecule has 0 unspecified atom stereocenters. The van der Waals surface area contributed by atoms with E-state index in [1.54, 1.807) is 11.3 Å². The summed E-state index contributed by atoms with van der Waals surface area (Å²) >= 11 is 1.74. The first-order valence-corrected chi connectivity index (χ1v) is 4.96. The molecule has 0 saturated heterocycles. The van der Waals surface area contributed by atoms with Crippen molar-refractivity contribution in [3.63, 3.8) is 0 Å². The van der Waals surface area contributed by atoms with Gasteiger partial charge in [-0.3, -0.25) is 0 Å². The van der Waals surface area contributed by atoms with Crippen molar-refractivity contribution in [3.8, 4) is 11.5 Å². The molecule has 0 spiro atoms. The first-order chi connectivity index (χ1) is 5.79. The second-order valence-corrected chi connectivity index (χ2v) is 4.35. The predicted molar refractivity (Wildman–Crippen MR) is 49.4 cm³/mol. The summed E-state index contributed by atoms with van der Waals surface area (Å²) in [4.78, 5) is 2.45. The zero-order valence-corrected chi connectivity index (χ0v) is 8.16. The van der Waals surface area contributed by atoms with E-state index in [1.165, 1.54) is 9.75 Å². The Hall–Kier alpha value is -0.700. The molecule has 0 amide bonds. The van der Waals surface area contributed by atoms with Gasteiger partial charge in [0.1, 0.15) is 0 Å². The van der Waals surface area contributed by atoms with Gasteiger partial charge in [0.15, 0.2) is 11.5 Å². The third-order valence-corrected chi connectivity index (χ3v) is 2.92. The molecule has 0 atom stereocenters. The third kappa shape index (κ3) is 1.18. The van der Waals surface area contributed by atoms with Gasteiger partial charge < -0.3 is 9.47 Å². The van der Waals surface area contributed by atoms with Gasteiger partial charge in [-0.15, -0.1) is 11.3 Å². The Balaban J connectivity index is 2.44. The average Bonchev–Trinajstić information content (AvgIpc) is 2.29. The van der Waals surface area contributed by atoms with Crippen molar-refractivity contribution in [2.45, 2.75) is 20.3 Å². The van der Waals surface area contributed by atoms with Crippen molar-refractivity contribution in [3.05, 3.63) is 9.75 Å². The summed E-state index contributed by atoms with van der Waals surface area (Å²) in [7, 11) is 0. The van der Waals surface area contributed by atoms with Crippen LogP contribution in [0.2, 0.25) is 0 Å². The normalized spacial score (nSPS) is 15.8. The van der Waals surface area contributed by atoms with Crippen molar-refractivity contribution in [1.29, 1.82) is 0 Å². The average molecular weight is 184 g/mol. The summed E-state index contributed by atoms with van der Waals surface area (Å²) in [6, 6.07) is 0. The van der Waals surface area contributed by atoms with Crippen molar-refractivity contribution < 1.29 is 9.47 Å². The Morgan fingerprint density at radius 3 is 2.00 bits per heavy atom. The molecule has 1 aliphatic heterocycles. The molecule has 1 aliphatic rings. The van der Waals surface area contributed by atoms with Crippen molar-refractivity contribution in [1.82, 2.24) is 0 Å². The fraction of sp³-hybridized carbons (Fsp3) is 0.556. The maximum atomic E-state index is 5.59. The number of aryl methyl sites for hydroxylation is 2. The third-order valence-electron chi connectivity index (χ3n) is 1.93. The maximum absolute atomic E-state index is 5.59. The lowest BCUT2D eigenvalue weighted by atomic mass is 10.4. The molecule has 2 nitrogen and oxygen atoms in total. The Morgan fingerprint density at radius 2 is 1.50 bits per heavy atom. The van der Waals surface area contributed by atoms with Crippen LogP contribution in [0, 0.1) is 13.8 Å². The fourth-order valence-corrected chi connectivity index (χ4v) is 2.33. The smallest absolute Gasteiger partial charge is 0.175 e. The molecule has 12 heavy (non-hydrogen) atoms. The summed E-state index contributed by atoms with van der Waals surface area (Å²) in [5.41, 5.74) is 0. The van der Waals surface area contributed by atoms with E-state index < -0.39 is 0 Å². The van der Waals surface area contributed by atoms with Crippen molar-refractivity contribution in [2.75, 3.05) is 13.2 Å². The quantitative estimate of drug-likeness (QED) is 0.617. The van der Waals surface area contributed by atoms with E-state index in [1.807, 2.05) is 0 Å². The van der Waals surface area contributed by atoms with Gasteiger partial charge >= 0.3 is 0 Å². The molecule has 1 aromatic rings. The molecule has 66 valence electrons.